The molecule has 4 heteroatoms. The van der Waals surface area contributed by atoms with Gasteiger partial charge in [0.1, 0.15) is 0 Å². The van der Waals surface area contributed by atoms with E-state index in [1.54, 1.807) is 0 Å². The molecular formula is C13H18O4. The van der Waals surface area contributed by atoms with Crippen LogP contribution in [0.4, 0.5) is 0 Å². The molecule has 0 amide bonds. The molecule has 0 unspecified atom stereocenters. The number of fused-ring (bicyclic) bond motifs is 1. The Hall–Kier alpha value is -1.32. The van der Waals surface area contributed by atoms with Crippen LogP contribution >= 0.6 is 0 Å². The Labute approximate surface area is 101 Å². The Morgan fingerprint density at radius 2 is 1.35 bits per heavy atom. The molecule has 0 aromatic rings. The van der Waals surface area contributed by atoms with Crippen LogP contribution in [0, 0.1) is 17.3 Å². The van der Waals surface area contributed by atoms with Gasteiger partial charge in [-0.1, -0.05) is 11.1 Å². The van der Waals surface area contributed by atoms with Gasteiger partial charge in [0, 0.05) is 0 Å². The van der Waals surface area contributed by atoms with Crippen molar-refractivity contribution in [2.75, 3.05) is 14.2 Å². The largest absolute Gasteiger partial charge is 0.468 e. The molecule has 4 nitrogen and oxygen atoms in total. The summed E-state index contributed by atoms with van der Waals surface area (Å²) in [7, 11) is 2.65. The van der Waals surface area contributed by atoms with Crippen LogP contribution in [-0.2, 0) is 19.1 Å². The molecule has 0 heterocycles. The minimum absolute atomic E-state index is 0.0612. The first-order valence-electron chi connectivity index (χ1n) is 5.82. The molecular weight excluding hydrogens is 220 g/mol. The predicted octanol–water partition coefficient (Wildman–Crippen LogP) is 1.69. The third kappa shape index (κ3) is 1.43. The van der Waals surface area contributed by atoms with Gasteiger partial charge in [-0.2, -0.15) is 0 Å². The normalized spacial score (nSPS) is 29.4. The number of ether oxygens (including phenoxy) is 2. The first-order chi connectivity index (χ1) is 7.99. The maximum atomic E-state index is 11.9. The SMILES string of the molecule is COC(=O)C1(C(=O)OC)[C@@H]2CC(C)=C(C)C[C@@H]21. The highest BCUT2D eigenvalue weighted by Gasteiger charge is 2.76. The van der Waals surface area contributed by atoms with Crippen molar-refractivity contribution in [3.05, 3.63) is 11.1 Å². The van der Waals surface area contributed by atoms with Gasteiger partial charge in [-0.15, -0.1) is 0 Å². The number of allylic oxidation sites excluding steroid dienone is 2. The highest BCUT2D eigenvalue weighted by molar-refractivity contribution is 6.04. The lowest BCUT2D eigenvalue weighted by molar-refractivity contribution is -0.162. The molecule has 0 aromatic heterocycles. The summed E-state index contributed by atoms with van der Waals surface area (Å²) in [6.07, 6.45) is 1.58. The van der Waals surface area contributed by atoms with E-state index in [1.165, 1.54) is 25.4 Å². The average Bonchev–Trinajstić information content (AvgIpc) is 2.96. The van der Waals surface area contributed by atoms with Crippen LogP contribution in [0.5, 0.6) is 0 Å². The van der Waals surface area contributed by atoms with Gasteiger partial charge in [0.2, 0.25) is 0 Å². The average molecular weight is 238 g/mol. The summed E-state index contributed by atoms with van der Waals surface area (Å²) < 4.78 is 9.61. The molecule has 2 atom stereocenters. The van der Waals surface area contributed by atoms with Gasteiger partial charge in [0.05, 0.1) is 14.2 Å². The van der Waals surface area contributed by atoms with Gasteiger partial charge < -0.3 is 9.47 Å². The van der Waals surface area contributed by atoms with Gasteiger partial charge in [0.15, 0.2) is 5.41 Å². The second kappa shape index (κ2) is 3.86. The zero-order valence-corrected chi connectivity index (χ0v) is 10.7. The molecule has 1 fully saturated rings. The van der Waals surface area contributed by atoms with Crippen LogP contribution in [-0.4, -0.2) is 26.2 Å². The Morgan fingerprint density at radius 1 is 1.00 bits per heavy atom. The van der Waals surface area contributed by atoms with Crippen LogP contribution in [0.25, 0.3) is 0 Å². The van der Waals surface area contributed by atoms with Crippen LogP contribution in [0.3, 0.4) is 0 Å². The van der Waals surface area contributed by atoms with E-state index >= 15 is 0 Å². The summed E-state index contributed by atoms with van der Waals surface area (Å²) in [4.78, 5) is 23.9. The van der Waals surface area contributed by atoms with Crippen molar-refractivity contribution >= 4 is 11.9 Å². The molecule has 0 saturated heterocycles. The van der Waals surface area contributed by atoms with Crippen LogP contribution < -0.4 is 0 Å². The maximum absolute atomic E-state index is 11.9. The zero-order chi connectivity index (χ0) is 12.8. The van der Waals surface area contributed by atoms with Gasteiger partial charge in [0.25, 0.3) is 0 Å². The number of methoxy groups -OCH3 is 2. The molecule has 1 saturated carbocycles. The van der Waals surface area contributed by atoms with Crippen molar-refractivity contribution in [1.82, 2.24) is 0 Å². The molecule has 94 valence electrons. The molecule has 2 aliphatic rings. The van der Waals surface area contributed by atoms with Crippen molar-refractivity contribution in [1.29, 1.82) is 0 Å². The molecule has 0 radical (unpaired) electrons. The van der Waals surface area contributed by atoms with Crippen molar-refractivity contribution in [2.45, 2.75) is 26.7 Å². The topological polar surface area (TPSA) is 52.6 Å². The minimum Gasteiger partial charge on any atom is -0.468 e. The van der Waals surface area contributed by atoms with Crippen molar-refractivity contribution < 1.29 is 19.1 Å². The monoisotopic (exact) mass is 238 g/mol. The zero-order valence-electron chi connectivity index (χ0n) is 10.7. The second-order valence-corrected chi connectivity index (χ2v) is 5.03. The lowest BCUT2D eigenvalue weighted by Crippen LogP contribution is -2.31. The van der Waals surface area contributed by atoms with Gasteiger partial charge in [-0.05, 0) is 38.5 Å². The Kier molecular flexibility index (Phi) is 2.76. The molecule has 2 aliphatic carbocycles. The maximum Gasteiger partial charge on any atom is 0.323 e. The van der Waals surface area contributed by atoms with Crippen molar-refractivity contribution in [3.8, 4) is 0 Å². The van der Waals surface area contributed by atoms with E-state index in [2.05, 4.69) is 13.8 Å². The summed E-state index contributed by atoms with van der Waals surface area (Å²) >= 11 is 0. The first kappa shape index (κ1) is 12.1. The molecule has 2 rings (SSSR count). The van der Waals surface area contributed by atoms with Crippen molar-refractivity contribution in [2.24, 2.45) is 17.3 Å². The van der Waals surface area contributed by atoms with Crippen LogP contribution in [0.15, 0.2) is 11.1 Å². The van der Waals surface area contributed by atoms with E-state index in [1.807, 2.05) is 0 Å². The van der Waals surface area contributed by atoms with E-state index in [0.29, 0.717) is 0 Å². The highest BCUT2D eigenvalue weighted by atomic mass is 16.5. The lowest BCUT2D eigenvalue weighted by Gasteiger charge is -2.12. The number of carbonyl (C=O) groups excluding carboxylic acids is 2. The van der Waals surface area contributed by atoms with Crippen LogP contribution in [0.1, 0.15) is 26.7 Å². The van der Waals surface area contributed by atoms with Crippen molar-refractivity contribution in [3.63, 3.8) is 0 Å². The molecule has 0 spiro atoms. The molecule has 0 aromatic carbocycles. The summed E-state index contributed by atoms with van der Waals surface area (Å²) in [5, 5.41) is 0. The fourth-order valence-electron chi connectivity index (χ4n) is 3.18. The quantitative estimate of drug-likeness (QED) is 0.417. The number of hydrogen-bond acceptors (Lipinski definition) is 4. The Bertz CT molecular complexity index is 370. The third-order valence-electron chi connectivity index (χ3n) is 4.37. The number of rotatable bonds is 2. The standard InChI is InChI=1S/C13H18O4/c1-7-5-9-10(6-8(7)2)13(9,11(14)16-3)12(15)17-4/h9-10H,5-6H2,1-4H3/t9-,10+. The smallest absolute Gasteiger partial charge is 0.323 e. The molecule has 0 N–H and O–H groups in total. The van der Waals surface area contributed by atoms with E-state index in [-0.39, 0.29) is 11.8 Å². The van der Waals surface area contributed by atoms with E-state index in [4.69, 9.17) is 9.47 Å². The second-order valence-electron chi connectivity index (χ2n) is 5.03. The van der Waals surface area contributed by atoms with Crippen LogP contribution in [0.2, 0.25) is 0 Å². The van der Waals surface area contributed by atoms with Gasteiger partial charge in [-0.3, -0.25) is 9.59 Å². The summed E-state index contributed by atoms with van der Waals surface area (Å²) in [5.41, 5.74) is 1.52. The first-order valence-corrected chi connectivity index (χ1v) is 5.82. The minimum atomic E-state index is -1.04. The number of esters is 2. The predicted molar refractivity (Wildman–Crippen MR) is 61.1 cm³/mol. The number of hydrogen-bond donors (Lipinski definition) is 0. The molecule has 0 bridgehead atoms. The fourth-order valence-corrected chi connectivity index (χ4v) is 3.18. The van der Waals surface area contributed by atoms with E-state index in [9.17, 15) is 9.59 Å². The fraction of sp³-hybridized carbons (Fsp3) is 0.692. The van der Waals surface area contributed by atoms with Gasteiger partial charge >= 0.3 is 11.9 Å². The molecule has 0 aliphatic heterocycles. The highest BCUT2D eigenvalue weighted by Crippen LogP contribution is 2.67. The third-order valence-corrected chi connectivity index (χ3v) is 4.37. The van der Waals surface area contributed by atoms with E-state index in [0.717, 1.165) is 12.8 Å². The Morgan fingerprint density at radius 3 is 1.65 bits per heavy atom. The van der Waals surface area contributed by atoms with Gasteiger partial charge in [-0.25, -0.2) is 0 Å². The lowest BCUT2D eigenvalue weighted by atomic mass is 9.94. The number of carbonyl (C=O) groups is 2. The molecule has 17 heavy (non-hydrogen) atoms. The Balaban J connectivity index is 2.31. The summed E-state index contributed by atoms with van der Waals surface area (Å²) in [6, 6.07) is 0. The van der Waals surface area contributed by atoms with E-state index < -0.39 is 17.4 Å². The summed E-state index contributed by atoms with van der Waals surface area (Å²) in [6.45, 7) is 4.12. The summed E-state index contributed by atoms with van der Waals surface area (Å²) in [5.74, 6) is -0.763.